The van der Waals surface area contributed by atoms with Crippen molar-refractivity contribution in [2.75, 3.05) is 6.54 Å². The summed E-state index contributed by atoms with van der Waals surface area (Å²) < 4.78 is 0. The molecule has 0 fully saturated rings. The van der Waals surface area contributed by atoms with Crippen LogP contribution in [0.5, 0.6) is 0 Å². The lowest BCUT2D eigenvalue weighted by Crippen LogP contribution is -2.29. The number of amides is 2. The Balaban J connectivity index is 0. The molecular weight excluding hydrogens is 310 g/mol. The standard InChI is InChI=1S/C19H40N2O.C2H3N/c1-2-3-4-5-6-7-8-9-10-11-12-13-14-15-16-17-18-21-19(20)22;1-2-3/h2-18H2,1H3,(H3,20,21,22);3H,1H2. The van der Waals surface area contributed by atoms with Gasteiger partial charge in [-0.1, -0.05) is 103 Å². The Kier molecular flexibility index (Phi) is 25.9. The molecule has 0 saturated carbocycles. The number of primary amides is 1. The lowest BCUT2D eigenvalue weighted by Gasteiger charge is -2.04. The molecule has 0 heterocycles. The molecular formula is C21H43N3O. The summed E-state index contributed by atoms with van der Waals surface area (Å²) in [6, 6.07) is -0.402. The Labute approximate surface area is 156 Å². The van der Waals surface area contributed by atoms with Gasteiger partial charge in [0, 0.05) is 6.54 Å². The first-order valence-electron chi connectivity index (χ1n) is 10.4. The van der Waals surface area contributed by atoms with Gasteiger partial charge in [-0.2, -0.15) is 0 Å². The largest absolute Gasteiger partial charge is 0.352 e. The molecule has 0 aromatic carbocycles. The third-order valence-electron chi connectivity index (χ3n) is 4.33. The van der Waals surface area contributed by atoms with Crippen LogP contribution < -0.4 is 11.1 Å². The third kappa shape index (κ3) is 31.1. The Morgan fingerprint density at radius 3 is 1.36 bits per heavy atom. The normalized spacial score (nSPS) is 9.80. The predicted molar refractivity (Wildman–Crippen MR) is 110 cm³/mol. The quantitative estimate of drug-likeness (QED) is 0.207. The Hall–Kier alpha value is -1.28. The lowest BCUT2D eigenvalue weighted by molar-refractivity contribution is 0.248. The summed E-state index contributed by atoms with van der Waals surface area (Å²) in [6.45, 7) is 5.91. The number of urea groups is 1. The molecule has 0 unspecified atom stereocenters. The minimum Gasteiger partial charge on any atom is -0.352 e. The van der Waals surface area contributed by atoms with E-state index in [1.54, 1.807) is 5.87 Å². The molecule has 0 spiro atoms. The zero-order chi connectivity index (χ0) is 19.0. The average molecular weight is 354 g/mol. The van der Waals surface area contributed by atoms with Gasteiger partial charge in [0.25, 0.3) is 0 Å². The van der Waals surface area contributed by atoms with Gasteiger partial charge in [-0.05, 0) is 18.9 Å². The highest BCUT2D eigenvalue weighted by Crippen LogP contribution is 2.13. The summed E-state index contributed by atoms with van der Waals surface area (Å²) in [5.41, 5.74) is 5.01. The summed E-state index contributed by atoms with van der Waals surface area (Å²) >= 11 is 0. The molecule has 0 rings (SSSR count). The molecule has 0 aliphatic rings. The number of nitrogens with one attached hydrogen (secondary N) is 2. The van der Waals surface area contributed by atoms with Crippen LogP contribution in [0.15, 0.2) is 6.58 Å². The van der Waals surface area contributed by atoms with E-state index in [1.807, 2.05) is 0 Å². The minimum absolute atomic E-state index is 0.402. The molecule has 4 heteroatoms. The summed E-state index contributed by atoms with van der Waals surface area (Å²) in [7, 11) is 0. The summed E-state index contributed by atoms with van der Waals surface area (Å²) in [5.74, 6) is 1.75. The van der Waals surface area contributed by atoms with Crippen molar-refractivity contribution >= 4 is 11.9 Å². The number of nitrogens with two attached hydrogens (primary N) is 1. The number of unbranched alkanes of at least 4 members (excludes halogenated alkanes) is 15. The van der Waals surface area contributed by atoms with E-state index in [0.717, 1.165) is 13.0 Å². The van der Waals surface area contributed by atoms with Gasteiger partial charge >= 0.3 is 6.03 Å². The van der Waals surface area contributed by atoms with Gasteiger partial charge in [-0.3, -0.25) is 5.41 Å². The molecule has 0 bridgehead atoms. The number of rotatable bonds is 17. The summed E-state index contributed by atoms with van der Waals surface area (Å²) in [6.07, 6.45) is 21.9. The van der Waals surface area contributed by atoms with Crippen LogP contribution in [0.25, 0.3) is 0 Å². The van der Waals surface area contributed by atoms with Gasteiger partial charge in [0.05, 0.1) is 0 Å². The molecule has 0 aliphatic carbocycles. The average Bonchev–Trinajstić information content (AvgIpc) is 2.58. The first-order chi connectivity index (χ1) is 12.2. The molecule has 0 radical (unpaired) electrons. The van der Waals surface area contributed by atoms with Crippen LogP contribution in [0.2, 0.25) is 0 Å². The molecule has 25 heavy (non-hydrogen) atoms. The highest BCUT2D eigenvalue weighted by molar-refractivity contribution is 5.71. The van der Waals surface area contributed by atoms with E-state index in [2.05, 4.69) is 18.8 Å². The highest BCUT2D eigenvalue weighted by atomic mass is 16.2. The fourth-order valence-electron chi connectivity index (χ4n) is 2.88. The Morgan fingerprint density at radius 2 is 1.08 bits per heavy atom. The second kappa shape index (κ2) is 25.0. The maximum absolute atomic E-state index is 10.5. The zero-order valence-corrected chi connectivity index (χ0v) is 16.7. The summed E-state index contributed by atoms with van der Waals surface area (Å²) in [4.78, 5) is 10.5. The SMILES string of the molecule is C=C=N.CCCCCCCCCCCCCCCCCCNC(N)=O. The van der Waals surface area contributed by atoms with E-state index in [4.69, 9.17) is 11.1 Å². The number of carbonyl (C=O) groups excluding carboxylic acids is 1. The van der Waals surface area contributed by atoms with E-state index < -0.39 is 6.03 Å². The van der Waals surface area contributed by atoms with Gasteiger partial charge in [0.2, 0.25) is 0 Å². The van der Waals surface area contributed by atoms with Crippen LogP contribution >= 0.6 is 0 Å². The second-order valence-electron chi connectivity index (χ2n) is 6.77. The van der Waals surface area contributed by atoms with Gasteiger partial charge in [-0.15, -0.1) is 0 Å². The number of hydrogen-bond donors (Lipinski definition) is 3. The molecule has 2 amide bonds. The fraction of sp³-hybridized carbons (Fsp3) is 0.857. The maximum Gasteiger partial charge on any atom is 0.312 e. The van der Waals surface area contributed by atoms with Crippen molar-refractivity contribution in [3.63, 3.8) is 0 Å². The topological polar surface area (TPSA) is 79.0 Å². The lowest BCUT2D eigenvalue weighted by atomic mass is 10.0. The molecule has 148 valence electrons. The predicted octanol–water partition coefficient (Wildman–Crippen LogP) is 6.34. The van der Waals surface area contributed by atoms with E-state index in [0.29, 0.717) is 0 Å². The molecule has 4 nitrogen and oxygen atoms in total. The first-order valence-corrected chi connectivity index (χ1v) is 10.4. The zero-order valence-electron chi connectivity index (χ0n) is 16.7. The van der Waals surface area contributed by atoms with Crippen molar-refractivity contribution in [2.24, 2.45) is 5.73 Å². The van der Waals surface area contributed by atoms with Crippen LogP contribution in [-0.4, -0.2) is 18.4 Å². The van der Waals surface area contributed by atoms with Crippen molar-refractivity contribution in [1.29, 1.82) is 5.41 Å². The van der Waals surface area contributed by atoms with Crippen molar-refractivity contribution in [3.8, 4) is 0 Å². The van der Waals surface area contributed by atoms with Crippen LogP contribution in [-0.2, 0) is 0 Å². The third-order valence-corrected chi connectivity index (χ3v) is 4.33. The van der Waals surface area contributed by atoms with Crippen molar-refractivity contribution in [1.82, 2.24) is 5.32 Å². The molecule has 0 aliphatic heterocycles. The molecule has 4 N–H and O–H groups in total. The van der Waals surface area contributed by atoms with Gasteiger partial charge in [0.1, 0.15) is 0 Å². The smallest absolute Gasteiger partial charge is 0.312 e. The molecule has 0 aromatic rings. The van der Waals surface area contributed by atoms with Crippen molar-refractivity contribution in [3.05, 3.63) is 6.58 Å². The van der Waals surface area contributed by atoms with Crippen LogP contribution in [0.3, 0.4) is 0 Å². The monoisotopic (exact) mass is 353 g/mol. The van der Waals surface area contributed by atoms with E-state index in [-0.39, 0.29) is 0 Å². The minimum atomic E-state index is -0.402. The first kappa shape index (κ1) is 26.0. The van der Waals surface area contributed by atoms with E-state index in [1.165, 1.54) is 96.3 Å². The van der Waals surface area contributed by atoms with Crippen molar-refractivity contribution < 1.29 is 4.79 Å². The summed E-state index contributed by atoms with van der Waals surface area (Å²) in [5, 5.41) is 8.48. The van der Waals surface area contributed by atoms with E-state index in [9.17, 15) is 4.79 Å². The van der Waals surface area contributed by atoms with Crippen LogP contribution in [0, 0.1) is 5.41 Å². The Bertz CT molecular complexity index is 300. The van der Waals surface area contributed by atoms with Gasteiger partial charge in [-0.25, -0.2) is 4.79 Å². The fourth-order valence-corrected chi connectivity index (χ4v) is 2.88. The van der Waals surface area contributed by atoms with E-state index >= 15 is 0 Å². The molecule has 0 saturated heterocycles. The van der Waals surface area contributed by atoms with Crippen LogP contribution in [0.4, 0.5) is 4.79 Å². The second-order valence-corrected chi connectivity index (χ2v) is 6.77. The van der Waals surface area contributed by atoms with Gasteiger partial charge in [0.15, 0.2) is 0 Å². The number of hydrogen-bond acceptors (Lipinski definition) is 2. The van der Waals surface area contributed by atoms with Crippen molar-refractivity contribution in [2.45, 2.75) is 110 Å². The van der Waals surface area contributed by atoms with Gasteiger partial charge < -0.3 is 11.1 Å². The highest BCUT2D eigenvalue weighted by Gasteiger charge is 1.95. The van der Waals surface area contributed by atoms with Crippen LogP contribution in [0.1, 0.15) is 110 Å². The molecule has 0 aromatic heterocycles. The number of carbonyl (C=O) groups is 1. The maximum atomic E-state index is 10.5. The Morgan fingerprint density at radius 1 is 0.800 bits per heavy atom. The molecule has 0 atom stereocenters.